The smallest absolute Gasteiger partial charge is 0.123 e. The highest BCUT2D eigenvalue weighted by atomic mass is 31.0. The summed E-state index contributed by atoms with van der Waals surface area (Å²) in [4.78, 5) is 0. The first-order valence-corrected chi connectivity index (χ1v) is 7.01. The molecule has 2 aromatic rings. The second-order valence-corrected chi connectivity index (χ2v) is 5.47. The highest BCUT2D eigenvalue weighted by Crippen LogP contribution is 2.30. The molecule has 3 heteroatoms. The predicted octanol–water partition coefficient (Wildman–Crippen LogP) is 3.12. The molecule has 0 saturated carbocycles. The van der Waals surface area contributed by atoms with E-state index in [-0.39, 0.29) is 11.7 Å². The first-order valence-electron chi connectivity index (χ1n) is 6.43. The normalized spacial score (nSPS) is 12.4. The SMILES string of the molecule is Cc1ccc(P)cc1C(CCN)c1cccc(F)c1. The van der Waals surface area contributed by atoms with E-state index in [1.165, 1.54) is 17.2 Å². The lowest BCUT2D eigenvalue weighted by Crippen LogP contribution is -2.11. The van der Waals surface area contributed by atoms with Gasteiger partial charge < -0.3 is 5.73 Å². The largest absolute Gasteiger partial charge is 0.330 e. The molecule has 2 atom stereocenters. The Balaban J connectivity index is 2.48. The lowest BCUT2D eigenvalue weighted by molar-refractivity contribution is 0.620. The zero-order valence-corrected chi connectivity index (χ0v) is 12.2. The molecule has 100 valence electrons. The van der Waals surface area contributed by atoms with Crippen LogP contribution in [0.1, 0.15) is 29.0 Å². The Bertz CT molecular complexity index is 568. The van der Waals surface area contributed by atoms with E-state index in [1.54, 1.807) is 12.1 Å². The molecule has 2 unspecified atom stereocenters. The van der Waals surface area contributed by atoms with E-state index in [2.05, 4.69) is 34.4 Å². The quantitative estimate of drug-likeness (QED) is 0.852. The maximum absolute atomic E-state index is 13.4. The van der Waals surface area contributed by atoms with Gasteiger partial charge >= 0.3 is 0 Å². The lowest BCUT2D eigenvalue weighted by Gasteiger charge is -2.20. The highest BCUT2D eigenvalue weighted by Gasteiger charge is 2.16. The molecule has 0 aliphatic rings. The van der Waals surface area contributed by atoms with Crippen LogP contribution in [0.15, 0.2) is 42.5 Å². The molecular formula is C16H19FNP. The van der Waals surface area contributed by atoms with Crippen molar-refractivity contribution in [1.82, 2.24) is 0 Å². The van der Waals surface area contributed by atoms with Gasteiger partial charge in [0.1, 0.15) is 5.82 Å². The zero-order chi connectivity index (χ0) is 13.8. The van der Waals surface area contributed by atoms with Crippen molar-refractivity contribution in [3.05, 3.63) is 65.0 Å². The van der Waals surface area contributed by atoms with Crippen LogP contribution >= 0.6 is 9.24 Å². The van der Waals surface area contributed by atoms with Gasteiger partial charge in [-0.05, 0) is 54.0 Å². The van der Waals surface area contributed by atoms with Gasteiger partial charge in [0.2, 0.25) is 0 Å². The number of hydrogen-bond donors (Lipinski definition) is 1. The standard InChI is InChI=1S/C16H19FNP/c1-11-5-6-14(19)10-16(11)15(7-8-18)12-3-2-4-13(17)9-12/h2-6,9-10,15H,7-8,18-19H2,1H3. The maximum Gasteiger partial charge on any atom is 0.123 e. The summed E-state index contributed by atoms with van der Waals surface area (Å²) >= 11 is 0. The summed E-state index contributed by atoms with van der Waals surface area (Å²) in [6, 6.07) is 13.1. The Kier molecular flexibility index (Phi) is 4.68. The molecule has 0 spiro atoms. The van der Waals surface area contributed by atoms with Crippen LogP contribution in [0.2, 0.25) is 0 Å². The molecule has 0 fully saturated rings. The fourth-order valence-corrected chi connectivity index (χ4v) is 2.70. The number of nitrogens with two attached hydrogens (primary N) is 1. The van der Waals surface area contributed by atoms with Gasteiger partial charge in [-0.1, -0.05) is 30.3 Å². The van der Waals surface area contributed by atoms with E-state index in [0.717, 1.165) is 17.3 Å². The third-order valence-electron chi connectivity index (χ3n) is 3.39. The van der Waals surface area contributed by atoms with E-state index >= 15 is 0 Å². The monoisotopic (exact) mass is 275 g/mol. The second kappa shape index (κ2) is 6.27. The lowest BCUT2D eigenvalue weighted by atomic mass is 9.86. The summed E-state index contributed by atoms with van der Waals surface area (Å²) in [7, 11) is 2.71. The second-order valence-electron chi connectivity index (χ2n) is 4.80. The number of aryl methyl sites for hydroxylation is 1. The molecule has 0 heterocycles. The molecule has 0 bridgehead atoms. The molecule has 2 aromatic carbocycles. The maximum atomic E-state index is 13.4. The van der Waals surface area contributed by atoms with Crippen molar-refractivity contribution in [2.45, 2.75) is 19.3 Å². The van der Waals surface area contributed by atoms with Gasteiger partial charge in [0, 0.05) is 5.92 Å². The molecule has 0 aliphatic heterocycles. The minimum absolute atomic E-state index is 0.154. The van der Waals surface area contributed by atoms with Crippen LogP contribution in [0, 0.1) is 12.7 Å². The summed E-state index contributed by atoms with van der Waals surface area (Å²) < 4.78 is 13.4. The van der Waals surface area contributed by atoms with Crippen molar-refractivity contribution in [1.29, 1.82) is 0 Å². The number of rotatable bonds is 4. The molecule has 0 radical (unpaired) electrons. The predicted molar refractivity (Wildman–Crippen MR) is 82.4 cm³/mol. The zero-order valence-electron chi connectivity index (χ0n) is 11.1. The van der Waals surface area contributed by atoms with Crippen LogP contribution in [0.4, 0.5) is 4.39 Å². The summed E-state index contributed by atoms with van der Waals surface area (Å²) in [5, 5.41) is 1.14. The van der Waals surface area contributed by atoms with Crippen molar-refractivity contribution in [2.75, 3.05) is 6.54 Å². The van der Waals surface area contributed by atoms with E-state index < -0.39 is 0 Å². The van der Waals surface area contributed by atoms with Crippen molar-refractivity contribution in [2.24, 2.45) is 5.73 Å². The third kappa shape index (κ3) is 3.40. The van der Waals surface area contributed by atoms with Gasteiger partial charge in [-0.15, -0.1) is 9.24 Å². The van der Waals surface area contributed by atoms with Crippen LogP contribution in [0.5, 0.6) is 0 Å². The fourth-order valence-electron chi connectivity index (χ4n) is 2.43. The molecule has 0 saturated heterocycles. The van der Waals surface area contributed by atoms with Gasteiger partial charge in [-0.2, -0.15) is 0 Å². The Morgan fingerprint density at radius 3 is 2.68 bits per heavy atom. The molecular weight excluding hydrogens is 256 g/mol. The molecule has 19 heavy (non-hydrogen) atoms. The highest BCUT2D eigenvalue weighted by molar-refractivity contribution is 7.27. The summed E-state index contributed by atoms with van der Waals surface area (Å²) in [5.41, 5.74) is 9.16. The Morgan fingerprint density at radius 2 is 2.00 bits per heavy atom. The Labute approximate surface area is 116 Å². The van der Waals surface area contributed by atoms with Gasteiger partial charge in [0.15, 0.2) is 0 Å². The van der Waals surface area contributed by atoms with Gasteiger partial charge in [0.05, 0.1) is 0 Å². The minimum atomic E-state index is -0.195. The van der Waals surface area contributed by atoms with Crippen molar-refractivity contribution >= 4 is 14.5 Å². The molecule has 2 N–H and O–H groups in total. The van der Waals surface area contributed by atoms with Gasteiger partial charge in [-0.3, -0.25) is 0 Å². The summed E-state index contributed by atoms with van der Waals surface area (Å²) in [5.74, 6) is -0.0413. The topological polar surface area (TPSA) is 26.0 Å². The van der Waals surface area contributed by atoms with Crippen LogP contribution in [-0.4, -0.2) is 6.54 Å². The fraction of sp³-hybridized carbons (Fsp3) is 0.250. The molecule has 0 amide bonds. The van der Waals surface area contributed by atoms with E-state index in [0.29, 0.717) is 6.54 Å². The molecule has 1 nitrogen and oxygen atoms in total. The summed E-state index contributed by atoms with van der Waals surface area (Å²) in [6.45, 7) is 2.67. The average Bonchev–Trinajstić information content (AvgIpc) is 2.39. The van der Waals surface area contributed by atoms with E-state index in [1.807, 2.05) is 6.07 Å². The van der Waals surface area contributed by atoms with E-state index in [9.17, 15) is 4.39 Å². The van der Waals surface area contributed by atoms with Crippen molar-refractivity contribution in [3.8, 4) is 0 Å². The van der Waals surface area contributed by atoms with Crippen LogP contribution in [0.3, 0.4) is 0 Å². The van der Waals surface area contributed by atoms with E-state index in [4.69, 9.17) is 5.73 Å². The first-order chi connectivity index (χ1) is 9.11. The number of hydrogen-bond acceptors (Lipinski definition) is 1. The average molecular weight is 275 g/mol. The Morgan fingerprint density at radius 1 is 1.21 bits per heavy atom. The minimum Gasteiger partial charge on any atom is -0.330 e. The first kappa shape index (κ1) is 14.2. The Hall–Kier alpha value is -1.24. The molecule has 2 rings (SSSR count). The van der Waals surface area contributed by atoms with Crippen molar-refractivity contribution < 1.29 is 4.39 Å². The van der Waals surface area contributed by atoms with Gasteiger partial charge in [-0.25, -0.2) is 4.39 Å². The van der Waals surface area contributed by atoms with Gasteiger partial charge in [0.25, 0.3) is 0 Å². The number of halogens is 1. The van der Waals surface area contributed by atoms with Crippen LogP contribution in [0.25, 0.3) is 0 Å². The molecule has 0 aromatic heterocycles. The van der Waals surface area contributed by atoms with Crippen LogP contribution in [-0.2, 0) is 0 Å². The third-order valence-corrected chi connectivity index (χ3v) is 3.74. The van der Waals surface area contributed by atoms with Crippen molar-refractivity contribution in [3.63, 3.8) is 0 Å². The number of benzene rings is 2. The summed E-state index contributed by atoms with van der Waals surface area (Å²) in [6.07, 6.45) is 0.818. The van der Waals surface area contributed by atoms with Crippen LogP contribution < -0.4 is 11.0 Å². The molecule has 0 aliphatic carbocycles.